The molecule has 0 radical (unpaired) electrons. The van der Waals surface area contributed by atoms with E-state index in [0.29, 0.717) is 5.69 Å². The Morgan fingerprint density at radius 1 is 1.41 bits per heavy atom. The molecule has 2 amide bonds. The van der Waals surface area contributed by atoms with Crippen LogP contribution in [0.4, 0.5) is 5.69 Å². The number of primary amides is 1. The molecule has 0 aliphatic rings. The van der Waals surface area contributed by atoms with Crippen LogP contribution in [0.2, 0.25) is 5.02 Å². The minimum absolute atomic E-state index is 0.172. The van der Waals surface area contributed by atoms with Crippen LogP contribution in [0, 0.1) is 0 Å². The second-order valence-corrected chi connectivity index (χ2v) is 3.79. The fourth-order valence-electron chi connectivity index (χ4n) is 1.24. The number of nitrogens with one attached hydrogen (secondary N) is 2. The largest absolute Gasteiger partial charge is 0.366 e. The zero-order valence-electron chi connectivity index (χ0n) is 9.42. The summed E-state index contributed by atoms with van der Waals surface area (Å²) < 4.78 is 0. The lowest BCUT2D eigenvalue weighted by Crippen LogP contribution is -2.27. The molecule has 0 unspecified atom stereocenters. The first-order chi connectivity index (χ1) is 8.04. The van der Waals surface area contributed by atoms with Crippen LogP contribution in [0.5, 0.6) is 0 Å². The molecule has 0 aliphatic carbocycles. The summed E-state index contributed by atoms with van der Waals surface area (Å²) in [5.41, 5.74) is 5.87. The Bertz CT molecular complexity index is 435. The number of halogens is 1. The summed E-state index contributed by atoms with van der Waals surface area (Å²) in [6, 6.07) is 4.55. The summed E-state index contributed by atoms with van der Waals surface area (Å²) >= 11 is 5.84. The number of anilines is 1. The van der Waals surface area contributed by atoms with Crippen molar-refractivity contribution in [1.29, 1.82) is 0 Å². The van der Waals surface area contributed by atoms with E-state index >= 15 is 0 Å². The monoisotopic (exact) mass is 255 g/mol. The van der Waals surface area contributed by atoms with Gasteiger partial charge in [0.15, 0.2) is 0 Å². The molecule has 0 heterocycles. The summed E-state index contributed by atoms with van der Waals surface area (Å²) in [6.45, 7) is 2.85. The third-order valence-corrected chi connectivity index (χ3v) is 2.37. The molecule has 0 aliphatic heterocycles. The highest BCUT2D eigenvalue weighted by Crippen LogP contribution is 2.20. The molecule has 0 aromatic heterocycles. The number of hydrogen-bond acceptors (Lipinski definition) is 3. The van der Waals surface area contributed by atoms with Crippen LogP contribution < -0.4 is 16.4 Å². The molecule has 1 rings (SSSR count). The van der Waals surface area contributed by atoms with Crippen molar-refractivity contribution in [1.82, 2.24) is 5.32 Å². The molecule has 0 bridgehead atoms. The predicted molar refractivity (Wildman–Crippen MR) is 67.1 cm³/mol. The maximum Gasteiger partial charge on any atom is 0.250 e. The maximum atomic E-state index is 11.4. The lowest BCUT2D eigenvalue weighted by atomic mass is 10.2. The van der Waals surface area contributed by atoms with Crippen molar-refractivity contribution in [3.63, 3.8) is 0 Å². The smallest absolute Gasteiger partial charge is 0.250 e. The fraction of sp³-hybridized carbons (Fsp3) is 0.273. The van der Waals surface area contributed by atoms with Crippen molar-refractivity contribution in [3.05, 3.63) is 28.8 Å². The van der Waals surface area contributed by atoms with E-state index < -0.39 is 5.91 Å². The van der Waals surface area contributed by atoms with Gasteiger partial charge in [0.05, 0.1) is 17.1 Å². The van der Waals surface area contributed by atoms with Crippen molar-refractivity contribution in [2.45, 2.75) is 6.92 Å². The number of carbonyl (C=O) groups excluding carboxylic acids is 2. The Morgan fingerprint density at radius 2 is 2.12 bits per heavy atom. The Kier molecular flexibility index (Phi) is 4.93. The third kappa shape index (κ3) is 4.05. The second-order valence-electron chi connectivity index (χ2n) is 3.39. The summed E-state index contributed by atoms with van der Waals surface area (Å²) in [6.07, 6.45) is 0. The van der Waals surface area contributed by atoms with Gasteiger partial charge in [-0.2, -0.15) is 0 Å². The van der Waals surface area contributed by atoms with Crippen LogP contribution >= 0.6 is 11.6 Å². The molecule has 5 nitrogen and oxygen atoms in total. The van der Waals surface area contributed by atoms with E-state index in [9.17, 15) is 9.59 Å². The van der Waals surface area contributed by atoms with Gasteiger partial charge in [0.2, 0.25) is 11.8 Å². The average molecular weight is 256 g/mol. The number of rotatable bonds is 5. The number of hydrogen-bond donors (Lipinski definition) is 3. The van der Waals surface area contributed by atoms with Gasteiger partial charge in [0.1, 0.15) is 0 Å². The van der Waals surface area contributed by atoms with Gasteiger partial charge in [-0.05, 0) is 24.7 Å². The first-order valence-electron chi connectivity index (χ1n) is 5.14. The molecule has 0 fully saturated rings. The molecule has 0 spiro atoms. The highest BCUT2D eigenvalue weighted by molar-refractivity contribution is 6.34. The minimum Gasteiger partial charge on any atom is -0.366 e. The summed E-state index contributed by atoms with van der Waals surface area (Å²) in [5.74, 6) is -0.768. The van der Waals surface area contributed by atoms with E-state index in [1.807, 2.05) is 6.92 Å². The van der Waals surface area contributed by atoms with Crippen molar-refractivity contribution in [2.75, 3.05) is 18.4 Å². The number of likely N-dealkylation sites (N-methyl/N-ethyl adjacent to an activating group) is 1. The highest BCUT2D eigenvalue weighted by Gasteiger charge is 2.08. The van der Waals surface area contributed by atoms with E-state index in [1.54, 1.807) is 6.07 Å². The molecule has 17 heavy (non-hydrogen) atoms. The molecule has 0 atom stereocenters. The van der Waals surface area contributed by atoms with Crippen molar-refractivity contribution in [2.24, 2.45) is 5.73 Å². The van der Waals surface area contributed by atoms with Crippen LogP contribution in [-0.4, -0.2) is 24.9 Å². The standard InChI is InChI=1S/C11H14ClN3O2/c1-2-14-6-10(16)15-7-3-4-8(11(13)17)9(12)5-7/h3-5,14H,2,6H2,1H3,(H2,13,17)(H,15,16). The number of amides is 2. The minimum atomic E-state index is -0.597. The molecular formula is C11H14ClN3O2. The number of benzene rings is 1. The average Bonchev–Trinajstić information content (AvgIpc) is 2.26. The molecule has 1 aromatic carbocycles. The lowest BCUT2D eigenvalue weighted by molar-refractivity contribution is -0.115. The third-order valence-electron chi connectivity index (χ3n) is 2.05. The van der Waals surface area contributed by atoms with Crippen molar-refractivity contribution < 1.29 is 9.59 Å². The Morgan fingerprint density at radius 3 is 2.65 bits per heavy atom. The van der Waals surface area contributed by atoms with Gasteiger partial charge in [-0.1, -0.05) is 18.5 Å². The molecule has 1 aromatic rings. The fourth-order valence-corrected chi connectivity index (χ4v) is 1.51. The van der Waals surface area contributed by atoms with Crippen LogP contribution in [-0.2, 0) is 4.79 Å². The summed E-state index contributed by atoms with van der Waals surface area (Å²) in [4.78, 5) is 22.3. The van der Waals surface area contributed by atoms with Gasteiger partial charge in [0, 0.05) is 5.69 Å². The molecule has 0 saturated heterocycles. The number of carbonyl (C=O) groups is 2. The number of nitrogens with two attached hydrogens (primary N) is 1. The normalized spacial score (nSPS) is 10.0. The highest BCUT2D eigenvalue weighted by atomic mass is 35.5. The van der Waals surface area contributed by atoms with Gasteiger partial charge >= 0.3 is 0 Å². The van der Waals surface area contributed by atoms with E-state index in [1.165, 1.54) is 12.1 Å². The summed E-state index contributed by atoms with van der Waals surface area (Å²) in [7, 11) is 0. The van der Waals surface area contributed by atoms with Gasteiger partial charge < -0.3 is 16.4 Å². The molecule has 4 N–H and O–H groups in total. The van der Waals surface area contributed by atoms with Gasteiger partial charge in [-0.15, -0.1) is 0 Å². The van der Waals surface area contributed by atoms with Crippen LogP contribution in [0.25, 0.3) is 0 Å². The predicted octanol–water partition coefficient (Wildman–Crippen LogP) is 0.987. The van der Waals surface area contributed by atoms with Crippen molar-refractivity contribution in [3.8, 4) is 0 Å². The Hall–Kier alpha value is -1.59. The first kappa shape index (κ1) is 13.5. The van der Waals surface area contributed by atoms with E-state index in [-0.39, 0.29) is 23.0 Å². The Labute approximate surface area is 104 Å². The van der Waals surface area contributed by atoms with Crippen LogP contribution in [0.15, 0.2) is 18.2 Å². The first-order valence-corrected chi connectivity index (χ1v) is 5.52. The maximum absolute atomic E-state index is 11.4. The zero-order chi connectivity index (χ0) is 12.8. The van der Waals surface area contributed by atoms with E-state index in [4.69, 9.17) is 17.3 Å². The summed E-state index contributed by atoms with van der Waals surface area (Å²) in [5, 5.41) is 5.76. The van der Waals surface area contributed by atoms with Gasteiger partial charge in [-0.25, -0.2) is 0 Å². The molecule has 92 valence electrons. The van der Waals surface area contributed by atoms with Crippen molar-refractivity contribution >= 4 is 29.1 Å². The Balaban J connectivity index is 2.70. The second kappa shape index (κ2) is 6.22. The topological polar surface area (TPSA) is 84.2 Å². The van der Waals surface area contributed by atoms with Crippen LogP contribution in [0.3, 0.4) is 0 Å². The van der Waals surface area contributed by atoms with Gasteiger partial charge in [0.25, 0.3) is 0 Å². The lowest BCUT2D eigenvalue weighted by Gasteiger charge is -2.07. The quantitative estimate of drug-likeness (QED) is 0.734. The van der Waals surface area contributed by atoms with E-state index in [0.717, 1.165) is 6.54 Å². The molecular weight excluding hydrogens is 242 g/mol. The van der Waals surface area contributed by atoms with Crippen LogP contribution in [0.1, 0.15) is 17.3 Å². The zero-order valence-corrected chi connectivity index (χ0v) is 10.2. The SMILES string of the molecule is CCNCC(=O)Nc1ccc(C(N)=O)c(Cl)c1. The van der Waals surface area contributed by atoms with Gasteiger partial charge in [-0.3, -0.25) is 9.59 Å². The molecule has 6 heteroatoms. The molecule has 0 saturated carbocycles. The van der Waals surface area contributed by atoms with E-state index in [2.05, 4.69) is 10.6 Å².